The predicted molar refractivity (Wildman–Crippen MR) is 84.8 cm³/mol. The Kier molecular flexibility index (Phi) is 5.91. The number of hydrogen-bond acceptors (Lipinski definition) is 6. The lowest BCUT2D eigenvalue weighted by molar-refractivity contribution is 0.0891. The van der Waals surface area contributed by atoms with Crippen LogP contribution in [0.2, 0.25) is 0 Å². The van der Waals surface area contributed by atoms with Crippen LogP contribution in [0, 0.1) is 0 Å². The zero-order chi connectivity index (χ0) is 14.4. The third-order valence-electron chi connectivity index (χ3n) is 3.47. The number of methoxy groups -OCH3 is 1. The van der Waals surface area contributed by atoms with Crippen LogP contribution in [0.25, 0.3) is 0 Å². The maximum atomic E-state index is 5.49. The third-order valence-corrected chi connectivity index (χ3v) is 4.01. The number of piperidine rings is 1. The van der Waals surface area contributed by atoms with Gasteiger partial charge in [0.1, 0.15) is 11.6 Å². The molecule has 112 valence electrons. The molecule has 1 atom stereocenters. The van der Waals surface area contributed by atoms with Crippen LogP contribution >= 0.6 is 11.8 Å². The Balaban J connectivity index is 2.16. The molecule has 1 aromatic rings. The van der Waals surface area contributed by atoms with Crippen molar-refractivity contribution in [2.45, 2.75) is 37.4 Å². The van der Waals surface area contributed by atoms with E-state index in [-0.39, 0.29) is 0 Å². The SMILES string of the molecule is CCCNc1cc(N2CCCC(OC)C2)nc(SC)n1. The Bertz CT molecular complexity index is 430. The van der Waals surface area contributed by atoms with Crippen molar-refractivity contribution in [1.29, 1.82) is 0 Å². The van der Waals surface area contributed by atoms with Gasteiger partial charge in [0.2, 0.25) is 0 Å². The lowest BCUT2D eigenvalue weighted by Gasteiger charge is -2.33. The maximum absolute atomic E-state index is 5.49. The maximum Gasteiger partial charge on any atom is 0.191 e. The first-order valence-corrected chi connectivity index (χ1v) is 8.44. The summed E-state index contributed by atoms with van der Waals surface area (Å²) in [6.45, 7) is 5.04. The molecule has 0 aromatic carbocycles. The highest BCUT2D eigenvalue weighted by Crippen LogP contribution is 2.24. The van der Waals surface area contributed by atoms with Crippen molar-refractivity contribution in [3.8, 4) is 0 Å². The summed E-state index contributed by atoms with van der Waals surface area (Å²) >= 11 is 1.58. The summed E-state index contributed by atoms with van der Waals surface area (Å²) in [7, 11) is 1.79. The van der Waals surface area contributed by atoms with E-state index in [1.165, 1.54) is 0 Å². The van der Waals surface area contributed by atoms with E-state index in [0.29, 0.717) is 6.10 Å². The lowest BCUT2D eigenvalue weighted by atomic mass is 10.1. The fourth-order valence-corrected chi connectivity index (χ4v) is 2.72. The molecule has 0 amide bonds. The molecular weight excluding hydrogens is 272 g/mol. The van der Waals surface area contributed by atoms with Gasteiger partial charge in [0.25, 0.3) is 0 Å². The molecule has 1 fully saturated rings. The van der Waals surface area contributed by atoms with Gasteiger partial charge in [-0.05, 0) is 25.5 Å². The third kappa shape index (κ3) is 3.99. The van der Waals surface area contributed by atoms with Gasteiger partial charge in [-0.1, -0.05) is 18.7 Å². The molecular formula is C14H24N4OS. The number of nitrogens with one attached hydrogen (secondary N) is 1. The van der Waals surface area contributed by atoms with Crippen LogP contribution in [-0.2, 0) is 4.74 Å². The second kappa shape index (κ2) is 7.69. The van der Waals surface area contributed by atoms with Crippen molar-refractivity contribution >= 4 is 23.4 Å². The number of thioether (sulfide) groups is 1. The zero-order valence-corrected chi connectivity index (χ0v) is 13.4. The van der Waals surface area contributed by atoms with Crippen molar-refractivity contribution in [1.82, 2.24) is 9.97 Å². The smallest absolute Gasteiger partial charge is 0.191 e. The summed E-state index contributed by atoms with van der Waals surface area (Å²) in [5, 5.41) is 4.17. The van der Waals surface area contributed by atoms with E-state index in [9.17, 15) is 0 Å². The minimum absolute atomic E-state index is 0.309. The highest BCUT2D eigenvalue weighted by atomic mass is 32.2. The normalized spacial score (nSPS) is 19.1. The van der Waals surface area contributed by atoms with Crippen LogP contribution in [0.15, 0.2) is 11.2 Å². The van der Waals surface area contributed by atoms with Crippen molar-refractivity contribution < 1.29 is 4.74 Å². The molecule has 0 spiro atoms. The molecule has 2 rings (SSSR count). The summed E-state index contributed by atoms with van der Waals surface area (Å²) < 4.78 is 5.49. The first kappa shape index (κ1) is 15.4. The Morgan fingerprint density at radius 3 is 3.05 bits per heavy atom. The summed E-state index contributed by atoms with van der Waals surface area (Å²) in [6, 6.07) is 2.05. The van der Waals surface area contributed by atoms with Gasteiger partial charge >= 0.3 is 0 Å². The van der Waals surface area contributed by atoms with Gasteiger partial charge in [0, 0.05) is 32.8 Å². The Morgan fingerprint density at radius 1 is 1.50 bits per heavy atom. The molecule has 6 heteroatoms. The number of aromatic nitrogens is 2. The molecule has 1 aliphatic heterocycles. The second-order valence-electron chi connectivity index (χ2n) is 4.97. The number of nitrogens with zero attached hydrogens (tertiary/aromatic N) is 3. The molecule has 20 heavy (non-hydrogen) atoms. The van der Waals surface area contributed by atoms with Gasteiger partial charge in [0.05, 0.1) is 6.10 Å². The van der Waals surface area contributed by atoms with Crippen molar-refractivity contribution in [3.05, 3.63) is 6.07 Å². The van der Waals surface area contributed by atoms with E-state index in [2.05, 4.69) is 27.1 Å². The zero-order valence-electron chi connectivity index (χ0n) is 12.6. The topological polar surface area (TPSA) is 50.3 Å². The van der Waals surface area contributed by atoms with Crippen LogP contribution in [0.1, 0.15) is 26.2 Å². The van der Waals surface area contributed by atoms with Crippen molar-refractivity contribution in [3.63, 3.8) is 0 Å². The Labute approximate surface area is 125 Å². The lowest BCUT2D eigenvalue weighted by Crippen LogP contribution is -2.39. The Morgan fingerprint density at radius 2 is 2.35 bits per heavy atom. The summed E-state index contributed by atoms with van der Waals surface area (Å²) in [5.41, 5.74) is 0. The molecule has 1 saturated heterocycles. The first-order chi connectivity index (χ1) is 9.76. The van der Waals surface area contributed by atoms with Crippen LogP contribution < -0.4 is 10.2 Å². The van der Waals surface area contributed by atoms with Crippen LogP contribution in [0.5, 0.6) is 0 Å². The number of rotatable bonds is 6. The van der Waals surface area contributed by atoms with Crippen LogP contribution in [-0.4, -0.2) is 49.1 Å². The van der Waals surface area contributed by atoms with Gasteiger partial charge in [-0.2, -0.15) is 0 Å². The van der Waals surface area contributed by atoms with Crippen LogP contribution in [0.4, 0.5) is 11.6 Å². The average Bonchev–Trinajstić information content (AvgIpc) is 2.52. The van der Waals surface area contributed by atoms with Crippen LogP contribution in [0.3, 0.4) is 0 Å². The molecule has 1 unspecified atom stereocenters. The molecule has 0 saturated carbocycles. The number of ether oxygens (including phenoxy) is 1. The molecule has 0 aliphatic carbocycles. The molecule has 1 aromatic heterocycles. The van der Waals surface area contributed by atoms with E-state index in [1.807, 2.05) is 12.3 Å². The fraction of sp³-hybridized carbons (Fsp3) is 0.714. The minimum atomic E-state index is 0.309. The largest absolute Gasteiger partial charge is 0.380 e. The van der Waals surface area contributed by atoms with Crippen molar-refractivity contribution in [2.75, 3.05) is 43.2 Å². The van der Waals surface area contributed by atoms with Gasteiger partial charge in [0.15, 0.2) is 5.16 Å². The highest BCUT2D eigenvalue weighted by Gasteiger charge is 2.21. The molecule has 2 heterocycles. The Hall–Kier alpha value is -1.01. The van der Waals surface area contributed by atoms with E-state index in [1.54, 1.807) is 18.9 Å². The molecule has 1 aliphatic rings. The molecule has 0 radical (unpaired) electrons. The van der Waals surface area contributed by atoms with E-state index in [4.69, 9.17) is 4.74 Å². The minimum Gasteiger partial charge on any atom is -0.380 e. The number of hydrogen-bond donors (Lipinski definition) is 1. The van der Waals surface area contributed by atoms with Gasteiger partial charge in [-0.3, -0.25) is 0 Å². The highest BCUT2D eigenvalue weighted by molar-refractivity contribution is 7.98. The van der Waals surface area contributed by atoms with E-state index >= 15 is 0 Å². The van der Waals surface area contributed by atoms with E-state index < -0.39 is 0 Å². The predicted octanol–water partition coefficient (Wildman–Crippen LogP) is 2.64. The quantitative estimate of drug-likeness (QED) is 0.643. The monoisotopic (exact) mass is 296 g/mol. The second-order valence-corrected chi connectivity index (χ2v) is 5.74. The molecule has 5 nitrogen and oxygen atoms in total. The van der Waals surface area contributed by atoms with Gasteiger partial charge < -0.3 is 15.0 Å². The van der Waals surface area contributed by atoms with Crippen molar-refractivity contribution in [2.24, 2.45) is 0 Å². The summed E-state index contributed by atoms with van der Waals surface area (Å²) in [4.78, 5) is 11.4. The van der Waals surface area contributed by atoms with E-state index in [0.717, 1.165) is 55.7 Å². The van der Waals surface area contributed by atoms with Gasteiger partial charge in [-0.25, -0.2) is 9.97 Å². The standard InChI is InChI=1S/C14H24N4OS/c1-4-7-15-12-9-13(17-14(16-12)20-3)18-8-5-6-11(10-18)19-2/h9,11H,4-8,10H2,1-3H3,(H,15,16,17). The average molecular weight is 296 g/mol. The fourth-order valence-electron chi connectivity index (χ4n) is 2.35. The first-order valence-electron chi connectivity index (χ1n) is 7.21. The molecule has 1 N–H and O–H groups in total. The number of anilines is 2. The van der Waals surface area contributed by atoms with Gasteiger partial charge in [-0.15, -0.1) is 0 Å². The summed E-state index contributed by atoms with van der Waals surface area (Å²) in [5.74, 6) is 1.92. The molecule has 0 bridgehead atoms. The summed E-state index contributed by atoms with van der Waals surface area (Å²) in [6.07, 6.45) is 5.69.